The number of rotatable bonds is 4. The third-order valence-corrected chi connectivity index (χ3v) is 4.51. The van der Waals surface area contributed by atoms with Crippen molar-refractivity contribution in [1.82, 2.24) is 9.97 Å². The van der Waals surface area contributed by atoms with Gasteiger partial charge in [0.05, 0.1) is 13.7 Å². The molecule has 2 atom stereocenters. The van der Waals surface area contributed by atoms with Gasteiger partial charge in [-0.15, -0.1) is 0 Å². The zero-order chi connectivity index (χ0) is 17.1. The first-order chi connectivity index (χ1) is 11.6. The summed E-state index contributed by atoms with van der Waals surface area (Å²) in [5.41, 5.74) is 0.765. The molecule has 0 radical (unpaired) electrons. The average Bonchev–Trinajstić information content (AvgIpc) is 2.60. The van der Waals surface area contributed by atoms with E-state index >= 15 is 0 Å². The molecular weight excluding hydrogens is 333 g/mol. The maximum atomic E-state index is 14.6. The number of nitrogens with zero attached hydrogens (tertiary/aromatic N) is 3. The van der Waals surface area contributed by atoms with Gasteiger partial charge in [0.1, 0.15) is 34.9 Å². The maximum absolute atomic E-state index is 14.6. The maximum Gasteiger partial charge on any atom is 0.154 e. The molecular formula is C17H19ClFN3O2. The van der Waals surface area contributed by atoms with Crippen LogP contribution in [0, 0.1) is 6.92 Å². The number of ether oxygens (including phenoxy) is 2. The fourth-order valence-corrected chi connectivity index (χ4v) is 2.90. The van der Waals surface area contributed by atoms with Crippen LogP contribution < -0.4 is 14.4 Å². The predicted molar refractivity (Wildman–Crippen MR) is 90.9 cm³/mol. The van der Waals surface area contributed by atoms with E-state index in [1.807, 2.05) is 11.8 Å². The summed E-state index contributed by atoms with van der Waals surface area (Å²) in [7, 11) is 1.60. The minimum Gasteiger partial charge on any atom is -0.497 e. The molecule has 3 rings (SSSR count). The Balaban J connectivity index is 1.65. The van der Waals surface area contributed by atoms with Crippen LogP contribution in [0.2, 0.25) is 5.15 Å². The Hall–Kier alpha value is -2.08. The minimum absolute atomic E-state index is 0.217. The lowest BCUT2D eigenvalue weighted by Gasteiger charge is -2.36. The number of halogens is 2. The van der Waals surface area contributed by atoms with Crippen molar-refractivity contribution in [2.75, 3.05) is 25.1 Å². The molecule has 7 heteroatoms. The number of benzene rings is 1. The van der Waals surface area contributed by atoms with Crippen LogP contribution in [0.25, 0.3) is 0 Å². The Bertz CT molecular complexity index is 699. The first-order valence-electron chi connectivity index (χ1n) is 7.75. The van der Waals surface area contributed by atoms with Gasteiger partial charge in [-0.25, -0.2) is 14.4 Å². The van der Waals surface area contributed by atoms with Crippen molar-refractivity contribution < 1.29 is 13.9 Å². The highest BCUT2D eigenvalue weighted by Crippen LogP contribution is 2.28. The van der Waals surface area contributed by atoms with E-state index in [2.05, 4.69) is 9.97 Å². The van der Waals surface area contributed by atoms with Crippen molar-refractivity contribution in [1.29, 1.82) is 0 Å². The van der Waals surface area contributed by atoms with Gasteiger partial charge in [-0.3, -0.25) is 0 Å². The van der Waals surface area contributed by atoms with E-state index in [1.165, 1.54) is 6.33 Å². The topological polar surface area (TPSA) is 47.5 Å². The quantitative estimate of drug-likeness (QED) is 0.790. The molecule has 0 spiro atoms. The molecule has 0 aliphatic carbocycles. The number of anilines is 1. The van der Waals surface area contributed by atoms with Crippen molar-refractivity contribution in [2.45, 2.75) is 25.6 Å². The summed E-state index contributed by atoms with van der Waals surface area (Å²) in [6.45, 7) is 2.70. The first-order valence-corrected chi connectivity index (χ1v) is 8.13. The second kappa shape index (κ2) is 7.21. The Kier molecular flexibility index (Phi) is 5.04. The lowest BCUT2D eigenvalue weighted by atomic mass is 10.1. The molecule has 0 saturated carbocycles. The fourth-order valence-electron chi connectivity index (χ4n) is 2.78. The molecule has 1 aromatic heterocycles. The van der Waals surface area contributed by atoms with Gasteiger partial charge in [0.15, 0.2) is 6.17 Å². The molecule has 0 amide bonds. The molecule has 1 fully saturated rings. The molecule has 128 valence electrons. The van der Waals surface area contributed by atoms with Crippen molar-refractivity contribution in [3.05, 3.63) is 41.3 Å². The largest absolute Gasteiger partial charge is 0.497 e. The zero-order valence-electron chi connectivity index (χ0n) is 13.6. The van der Waals surface area contributed by atoms with E-state index in [0.717, 1.165) is 11.3 Å². The Morgan fingerprint density at radius 3 is 2.58 bits per heavy atom. The monoisotopic (exact) mass is 351 g/mol. The van der Waals surface area contributed by atoms with Crippen molar-refractivity contribution in [2.24, 2.45) is 0 Å². The average molecular weight is 352 g/mol. The van der Waals surface area contributed by atoms with Gasteiger partial charge in [-0.1, -0.05) is 11.6 Å². The number of hydrogen-bond donors (Lipinski definition) is 0. The molecule has 2 heterocycles. The Morgan fingerprint density at radius 2 is 1.92 bits per heavy atom. The summed E-state index contributed by atoms with van der Waals surface area (Å²) in [6, 6.07) is 7.16. The number of hydrogen-bond acceptors (Lipinski definition) is 5. The van der Waals surface area contributed by atoms with Crippen LogP contribution in [-0.4, -0.2) is 42.4 Å². The van der Waals surface area contributed by atoms with E-state index < -0.39 is 12.3 Å². The Morgan fingerprint density at radius 1 is 1.21 bits per heavy atom. The standard InChI is InChI=1S/C17H19ClFN3O2/c1-11-16(18)20-10-21-17(11)22-8-7-15(14(19)9-22)24-13-5-3-12(23-2)4-6-13/h3-6,10,14-15H,7-9H2,1-2H3. The van der Waals surface area contributed by atoms with E-state index in [0.29, 0.717) is 29.7 Å². The fraction of sp³-hybridized carbons (Fsp3) is 0.412. The predicted octanol–water partition coefficient (Wildman–Crippen LogP) is 3.44. The number of methoxy groups -OCH3 is 1. The summed E-state index contributed by atoms with van der Waals surface area (Å²) < 4.78 is 25.5. The highest BCUT2D eigenvalue weighted by molar-refractivity contribution is 6.30. The van der Waals surface area contributed by atoms with Crippen LogP contribution in [0.5, 0.6) is 11.5 Å². The molecule has 24 heavy (non-hydrogen) atoms. The second-order valence-corrected chi connectivity index (χ2v) is 6.05. The molecule has 1 aliphatic heterocycles. The van der Waals surface area contributed by atoms with Crippen LogP contribution in [-0.2, 0) is 0 Å². The zero-order valence-corrected chi connectivity index (χ0v) is 14.3. The molecule has 1 saturated heterocycles. The Labute approximate surface area is 145 Å². The van der Waals surface area contributed by atoms with Gasteiger partial charge >= 0.3 is 0 Å². The third-order valence-electron chi connectivity index (χ3n) is 4.12. The van der Waals surface area contributed by atoms with Gasteiger partial charge in [0.2, 0.25) is 0 Å². The van der Waals surface area contributed by atoms with Crippen LogP contribution in [0.1, 0.15) is 12.0 Å². The highest BCUT2D eigenvalue weighted by atomic mass is 35.5. The molecule has 0 bridgehead atoms. The molecule has 5 nitrogen and oxygen atoms in total. The van der Waals surface area contributed by atoms with E-state index in [-0.39, 0.29) is 6.54 Å². The molecule has 1 aliphatic rings. The number of aromatic nitrogens is 2. The lowest BCUT2D eigenvalue weighted by Crippen LogP contribution is -2.47. The third kappa shape index (κ3) is 3.53. The summed E-state index contributed by atoms with van der Waals surface area (Å²) >= 11 is 6.02. The van der Waals surface area contributed by atoms with Gasteiger partial charge in [0, 0.05) is 18.5 Å². The van der Waals surface area contributed by atoms with Gasteiger partial charge < -0.3 is 14.4 Å². The molecule has 0 N–H and O–H groups in total. The molecule has 2 aromatic rings. The lowest BCUT2D eigenvalue weighted by molar-refractivity contribution is 0.0818. The summed E-state index contributed by atoms with van der Waals surface area (Å²) in [5, 5.41) is 0.395. The summed E-state index contributed by atoms with van der Waals surface area (Å²) in [5.74, 6) is 2.06. The van der Waals surface area contributed by atoms with Crippen molar-refractivity contribution in [3.8, 4) is 11.5 Å². The smallest absolute Gasteiger partial charge is 0.154 e. The van der Waals surface area contributed by atoms with Crippen molar-refractivity contribution >= 4 is 17.4 Å². The highest BCUT2D eigenvalue weighted by Gasteiger charge is 2.32. The van der Waals surface area contributed by atoms with E-state index in [4.69, 9.17) is 21.1 Å². The normalized spacial score (nSPS) is 20.8. The number of piperidine rings is 1. The summed E-state index contributed by atoms with van der Waals surface area (Å²) in [4.78, 5) is 10.1. The van der Waals surface area contributed by atoms with E-state index in [9.17, 15) is 4.39 Å². The van der Waals surface area contributed by atoms with Gasteiger partial charge in [0.25, 0.3) is 0 Å². The molecule has 1 aromatic carbocycles. The van der Waals surface area contributed by atoms with E-state index in [1.54, 1.807) is 31.4 Å². The molecule has 2 unspecified atom stereocenters. The van der Waals surface area contributed by atoms with Gasteiger partial charge in [-0.05, 0) is 31.2 Å². The van der Waals surface area contributed by atoms with Crippen LogP contribution >= 0.6 is 11.6 Å². The van der Waals surface area contributed by atoms with Crippen LogP contribution in [0.15, 0.2) is 30.6 Å². The van der Waals surface area contributed by atoms with Crippen LogP contribution in [0.4, 0.5) is 10.2 Å². The van der Waals surface area contributed by atoms with Gasteiger partial charge in [-0.2, -0.15) is 0 Å². The second-order valence-electron chi connectivity index (χ2n) is 5.70. The first kappa shape index (κ1) is 16.8. The SMILES string of the molecule is COc1ccc(OC2CCN(c3ncnc(Cl)c3C)CC2F)cc1. The number of alkyl halides is 1. The summed E-state index contributed by atoms with van der Waals surface area (Å²) in [6.07, 6.45) is 0.368. The van der Waals surface area contributed by atoms with Crippen LogP contribution in [0.3, 0.4) is 0 Å². The minimum atomic E-state index is -1.12. The van der Waals surface area contributed by atoms with Crippen molar-refractivity contribution in [3.63, 3.8) is 0 Å².